The van der Waals surface area contributed by atoms with E-state index in [-0.39, 0.29) is 0 Å². The summed E-state index contributed by atoms with van der Waals surface area (Å²) in [5.41, 5.74) is 3.32. The van der Waals surface area contributed by atoms with Gasteiger partial charge in [-0.1, -0.05) is 13.8 Å². The molecule has 1 saturated carbocycles. The molecule has 0 spiro atoms. The first-order valence-corrected chi connectivity index (χ1v) is 6.45. The first-order chi connectivity index (χ1) is 8.16. The molecule has 1 aliphatic rings. The molecule has 0 N–H and O–H groups in total. The first-order valence-electron chi connectivity index (χ1n) is 6.45. The van der Waals surface area contributed by atoms with Crippen LogP contribution < -0.4 is 0 Å². The largest absolute Gasteiger partial charge is 0.327 e. The van der Waals surface area contributed by atoms with Crippen molar-refractivity contribution in [3.8, 4) is 0 Å². The lowest BCUT2D eigenvalue weighted by atomic mass is 10.0. The fraction of sp³-hybridized carbons (Fsp3) is 0.571. The highest BCUT2D eigenvalue weighted by Gasteiger charge is 2.29. The van der Waals surface area contributed by atoms with Crippen LogP contribution in [0, 0.1) is 18.8 Å². The highest BCUT2D eigenvalue weighted by Crippen LogP contribution is 2.40. The SMILES string of the molecule is Cc1nccc2c1ncn2C1C[C@@H](C)[C@@H](C)C1. The Balaban J connectivity index is 2.04. The Morgan fingerprint density at radius 2 is 1.88 bits per heavy atom. The standard InChI is InChI=1S/C14H19N3/c1-9-6-12(7-10(9)2)17-8-16-14-11(3)15-5-4-13(14)17/h4-5,8-10,12H,6-7H2,1-3H3/t9-,10+,12?. The van der Waals surface area contributed by atoms with E-state index in [1.807, 2.05) is 19.4 Å². The van der Waals surface area contributed by atoms with Crippen LogP contribution in [0.2, 0.25) is 0 Å². The lowest BCUT2D eigenvalue weighted by Crippen LogP contribution is -2.03. The van der Waals surface area contributed by atoms with Crippen molar-refractivity contribution in [2.75, 3.05) is 0 Å². The van der Waals surface area contributed by atoms with Gasteiger partial charge in [0.2, 0.25) is 0 Å². The van der Waals surface area contributed by atoms with Crippen molar-refractivity contribution in [2.24, 2.45) is 11.8 Å². The molecule has 3 heteroatoms. The minimum Gasteiger partial charge on any atom is -0.327 e. The van der Waals surface area contributed by atoms with Gasteiger partial charge in [-0.25, -0.2) is 4.98 Å². The van der Waals surface area contributed by atoms with E-state index in [2.05, 4.69) is 34.4 Å². The number of fused-ring (bicyclic) bond motifs is 1. The van der Waals surface area contributed by atoms with Crippen LogP contribution in [-0.4, -0.2) is 14.5 Å². The summed E-state index contributed by atoms with van der Waals surface area (Å²) in [4.78, 5) is 8.81. The number of rotatable bonds is 1. The number of imidazole rings is 1. The second-order valence-corrected chi connectivity index (χ2v) is 5.50. The van der Waals surface area contributed by atoms with E-state index in [1.165, 1.54) is 18.4 Å². The van der Waals surface area contributed by atoms with Gasteiger partial charge in [0.1, 0.15) is 5.52 Å². The molecular formula is C14H19N3. The molecule has 1 fully saturated rings. The molecule has 0 radical (unpaired) electrons. The molecule has 17 heavy (non-hydrogen) atoms. The van der Waals surface area contributed by atoms with Crippen LogP contribution in [0.5, 0.6) is 0 Å². The monoisotopic (exact) mass is 229 g/mol. The maximum absolute atomic E-state index is 4.51. The van der Waals surface area contributed by atoms with Gasteiger partial charge in [-0.2, -0.15) is 0 Å². The Morgan fingerprint density at radius 1 is 1.18 bits per heavy atom. The topological polar surface area (TPSA) is 30.7 Å². The quantitative estimate of drug-likeness (QED) is 0.750. The summed E-state index contributed by atoms with van der Waals surface area (Å²) in [6.45, 7) is 6.74. The minimum absolute atomic E-state index is 0.617. The molecule has 3 nitrogen and oxygen atoms in total. The predicted molar refractivity (Wildman–Crippen MR) is 68.9 cm³/mol. The van der Waals surface area contributed by atoms with E-state index >= 15 is 0 Å². The number of hydrogen-bond donors (Lipinski definition) is 0. The van der Waals surface area contributed by atoms with Crippen molar-refractivity contribution in [2.45, 2.75) is 39.7 Å². The van der Waals surface area contributed by atoms with Crippen LogP contribution in [0.4, 0.5) is 0 Å². The summed E-state index contributed by atoms with van der Waals surface area (Å²) in [5, 5.41) is 0. The number of pyridine rings is 1. The molecule has 0 aliphatic heterocycles. The smallest absolute Gasteiger partial charge is 0.110 e. The van der Waals surface area contributed by atoms with Gasteiger partial charge in [-0.15, -0.1) is 0 Å². The van der Waals surface area contributed by atoms with Crippen LogP contribution >= 0.6 is 0 Å². The zero-order valence-corrected chi connectivity index (χ0v) is 10.7. The van der Waals surface area contributed by atoms with Crippen molar-refractivity contribution in [1.82, 2.24) is 14.5 Å². The molecule has 2 heterocycles. The zero-order valence-electron chi connectivity index (χ0n) is 10.7. The number of aromatic nitrogens is 3. The summed E-state index contributed by atoms with van der Waals surface area (Å²) in [6, 6.07) is 2.70. The van der Waals surface area contributed by atoms with Gasteiger partial charge in [0.15, 0.2) is 0 Å². The maximum Gasteiger partial charge on any atom is 0.110 e. The van der Waals surface area contributed by atoms with Gasteiger partial charge in [0.25, 0.3) is 0 Å². The van der Waals surface area contributed by atoms with Crippen LogP contribution in [-0.2, 0) is 0 Å². The van der Waals surface area contributed by atoms with Gasteiger partial charge >= 0.3 is 0 Å². The van der Waals surface area contributed by atoms with Crippen molar-refractivity contribution >= 4 is 11.0 Å². The molecule has 90 valence electrons. The number of nitrogens with zero attached hydrogens (tertiary/aromatic N) is 3. The van der Waals surface area contributed by atoms with E-state index < -0.39 is 0 Å². The summed E-state index contributed by atoms with van der Waals surface area (Å²) in [5.74, 6) is 1.64. The molecular weight excluding hydrogens is 210 g/mol. The lowest BCUT2D eigenvalue weighted by molar-refractivity contribution is 0.457. The average Bonchev–Trinajstić information content (AvgIpc) is 2.85. The van der Waals surface area contributed by atoms with Crippen molar-refractivity contribution in [3.05, 3.63) is 24.3 Å². The van der Waals surface area contributed by atoms with Crippen molar-refractivity contribution in [3.63, 3.8) is 0 Å². The highest BCUT2D eigenvalue weighted by atomic mass is 15.1. The van der Waals surface area contributed by atoms with E-state index in [1.54, 1.807) is 0 Å². The summed E-state index contributed by atoms with van der Waals surface area (Å²) in [7, 11) is 0. The third-order valence-electron chi connectivity index (χ3n) is 4.33. The molecule has 1 unspecified atom stereocenters. The van der Waals surface area contributed by atoms with Crippen LogP contribution in [0.1, 0.15) is 38.4 Å². The molecule has 2 aromatic rings. The molecule has 3 rings (SSSR count). The van der Waals surface area contributed by atoms with E-state index in [9.17, 15) is 0 Å². The fourth-order valence-electron chi connectivity index (χ4n) is 3.03. The molecule has 0 saturated heterocycles. The van der Waals surface area contributed by atoms with Gasteiger partial charge in [0, 0.05) is 12.2 Å². The van der Waals surface area contributed by atoms with Gasteiger partial charge in [0.05, 0.1) is 17.5 Å². The minimum atomic E-state index is 0.617. The Kier molecular flexibility index (Phi) is 2.42. The van der Waals surface area contributed by atoms with Crippen molar-refractivity contribution in [1.29, 1.82) is 0 Å². The van der Waals surface area contributed by atoms with Gasteiger partial charge < -0.3 is 4.57 Å². The second-order valence-electron chi connectivity index (χ2n) is 5.50. The second kappa shape index (κ2) is 3.83. The Morgan fingerprint density at radius 3 is 2.59 bits per heavy atom. The highest BCUT2D eigenvalue weighted by molar-refractivity contribution is 5.77. The normalized spacial score (nSPS) is 29.0. The summed E-state index contributed by atoms with van der Waals surface area (Å²) < 4.78 is 2.35. The molecule has 0 amide bonds. The van der Waals surface area contributed by atoms with E-state index in [0.29, 0.717) is 6.04 Å². The molecule has 2 aromatic heterocycles. The maximum atomic E-state index is 4.51. The summed E-state index contributed by atoms with van der Waals surface area (Å²) >= 11 is 0. The zero-order chi connectivity index (χ0) is 12.0. The van der Waals surface area contributed by atoms with Crippen LogP contribution in [0.15, 0.2) is 18.6 Å². The van der Waals surface area contributed by atoms with E-state index in [0.717, 1.165) is 23.0 Å². The average molecular weight is 229 g/mol. The number of aryl methyl sites for hydroxylation is 1. The third-order valence-corrected chi connectivity index (χ3v) is 4.33. The lowest BCUT2D eigenvalue weighted by Gasteiger charge is -2.12. The molecule has 0 bridgehead atoms. The third kappa shape index (κ3) is 1.65. The van der Waals surface area contributed by atoms with Crippen LogP contribution in [0.25, 0.3) is 11.0 Å². The molecule has 0 aromatic carbocycles. The fourth-order valence-corrected chi connectivity index (χ4v) is 3.03. The first kappa shape index (κ1) is 10.8. The number of hydrogen-bond acceptors (Lipinski definition) is 2. The van der Waals surface area contributed by atoms with Gasteiger partial charge in [-0.3, -0.25) is 4.98 Å². The Bertz CT molecular complexity index is 533. The van der Waals surface area contributed by atoms with Gasteiger partial charge in [-0.05, 0) is 37.7 Å². The Hall–Kier alpha value is -1.38. The molecule has 3 atom stereocenters. The van der Waals surface area contributed by atoms with E-state index in [4.69, 9.17) is 0 Å². The Labute approximate surface area is 102 Å². The van der Waals surface area contributed by atoms with Crippen LogP contribution in [0.3, 0.4) is 0 Å². The predicted octanol–water partition coefficient (Wildman–Crippen LogP) is 3.35. The van der Waals surface area contributed by atoms with Crippen molar-refractivity contribution < 1.29 is 0 Å². The molecule has 1 aliphatic carbocycles. The summed E-state index contributed by atoms with van der Waals surface area (Å²) in [6.07, 6.45) is 6.43.